The predicted molar refractivity (Wildman–Crippen MR) is 89.8 cm³/mol. The first-order valence-electron chi connectivity index (χ1n) is 8.06. The molecule has 0 radical (unpaired) electrons. The highest BCUT2D eigenvalue weighted by Crippen LogP contribution is 2.33. The maximum atomic E-state index is 12.1. The lowest BCUT2D eigenvalue weighted by atomic mass is 10.1. The standard InChI is InChI=1S/C17H22N2O6/c1-12(21)13-2-3-15-14(10-13)19(17(23)11-25-15)6-4-16(22)18-5-8-24-9-7-20/h2-3,10,20H,4-9,11H2,1H3,(H,18,22). The van der Waals surface area contributed by atoms with Crippen molar-refractivity contribution in [2.45, 2.75) is 13.3 Å². The summed E-state index contributed by atoms with van der Waals surface area (Å²) >= 11 is 0. The van der Waals surface area contributed by atoms with Crippen LogP contribution in [-0.4, -0.2) is 62.2 Å². The molecule has 1 heterocycles. The van der Waals surface area contributed by atoms with Gasteiger partial charge in [-0.05, 0) is 25.1 Å². The van der Waals surface area contributed by atoms with Crippen molar-refractivity contribution in [1.82, 2.24) is 5.32 Å². The summed E-state index contributed by atoms with van der Waals surface area (Å²) in [5.74, 6) is -0.0627. The van der Waals surface area contributed by atoms with Gasteiger partial charge in [-0.1, -0.05) is 0 Å². The smallest absolute Gasteiger partial charge is 0.265 e. The van der Waals surface area contributed by atoms with Crippen LogP contribution in [0.4, 0.5) is 5.69 Å². The molecule has 0 fully saturated rings. The van der Waals surface area contributed by atoms with E-state index in [1.165, 1.54) is 11.8 Å². The van der Waals surface area contributed by atoms with Crippen LogP contribution in [0.25, 0.3) is 0 Å². The van der Waals surface area contributed by atoms with E-state index < -0.39 is 0 Å². The summed E-state index contributed by atoms with van der Waals surface area (Å²) in [5, 5.41) is 11.3. The van der Waals surface area contributed by atoms with Crippen LogP contribution in [0.5, 0.6) is 5.75 Å². The van der Waals surface area contributed by atoms with E-state index in [-0.39, 0.29) is 50.4 Å². The van der Waals surface area contributed by atoms with Gasteiger partial charge in [0.15, 0.2) is 12.4 Å². The van der Waals surface area contributed by atoms with Crippen LogP contribution in [0, 0.1) is 0 Å². The molecule has 8 heteroatoms. The topological polar surface area (TPSA) is 105 Å². The van der Waals surface area contributed by atoms with Gasteiger partial charge >= 0.3 is 0 Å². The molecule has 0 saturated carbocycles. The summed E-state index contributed by atoms with van der Waals surface area (Å²) in [6, 6.07) is 4.91. The average Bonchev–Trinajstić information content (AvgIpc) is 2.60. The fourth-order valence-electron chi connectivity index (χ4n) is 2.40. The van der Waals surface area contributed by atoms with Gasteiger partial charge in [-0.15, -0.1) is 0 Å². The number of hydrogen-bond donors (Lipinski definition) is 2. The number of nitrogens with one attached hydrogen (secondary N) is 1. The number of carbonyl (C=O) groups is 3. The molecule has 0 atom stereocenters. The first-order valence-corrected chi connectivity index (χ1v) is 8.06. The zero-order valence-electron chi connectivity index (χ0n) is 14.1. The van der Waals surface area contributed by atoms with E-state index in [0.29, 0.717) is 30.2 Å². The maximum absolute atomic E-state index is 12.1. The molecule has 1 aromatic carbocycles. The minimum absolute atomic E-state index is 0.0608. The molecular weight excluding hydrogens is 328 g/mol. The number of carbonyl (C=O) groups excluding carboxylic acids is 3. The maximum Gasteiger partial charge on any atom is 0.265 e. The summed E-state index contributed by atoms with van der Waals surface area (Å²) in [6.07, 6.45) is 0.121. The molecule has 0 unspecified atom stereocenters. The molecule has 8 nitrogen and oxygen atoms in total. The van der Waals surface area contributed by atoms with Gasteiger partial charge in [0.1, 0.15) is 5.75 Å². The van der Waals surface area contributed by atoms with Crippen molar-refractivity contribution in [3.8, 4) is 5.75 Å². The zero-order chi connectivity index (χ0) is 18.2. The lowest BCUT2D eigenvalue weighted by Crippen LogP contribution is -2.41. The Bertz CT molecular complexity index is 646. The molecule has 0 saturated heterocycles. The minimum Gasteiger partial charge on any atom is -0.482 e. The molecule has 0 spiro atoms. The largest absolute Gasteiger partial charge is 0.482 e. The minimum atomic E-state index is -0.257. The molecule has 136 valence electrons. The Balaban J connectivity index is 1.93. The molecule has 2 rings (SSSR count). The van der Waals surface area contributed by atoms with Crippen molar-refractivity contribution in [3.05, 3.63) is 23.8 Å². The first-order chi connectivity index (χ1) is 12.0. The van der Waals surface area contributed by atoms with E-state index in [1.54, 1.807) is 18.2 Å². The number of nitrogens with zero attached hydrogens (tertiary/aromatic N) is 1. The summed E-state index contributed by atoms with van der Waals surface area (Å²) in [4.78, 5) is 37.0. The van der Waals surface area contributed by atoms with Crippen LogP contribution >= 0.6 is 0 Å². The van der Waals surface area contributed by atoms with Gasteiger partial charge in [-0.25, -0.2) is 0 Å². The Morgan fingerprint density at radius 3 is 2.88 bits per heavy atom. The normalized spacial score (nSPS) is 13.2. The fraction of sp³-hybridized carbons (Fsp3) is 0.471. The summed E-state index contributed by atoms with van der Waals surface area (Å²) in [7, 11) is 0. The molecule has 1 aliphatic heterocycles. The number of rotatable bonds is 9. The second-order valence-corrected chi connectivity index (χ2v) is 5.51. The third-order valence-corrected chi connectivity index (χ3v) is 3.68. The SMILES string of the molecule is CC(=O)c1ccc2c(c1)N(CCC(=O)NCCOCCO)C(=O)CO2. The predicted octanol–water partition coefficient (Wildman–Crippen LogP) is 0.130. The van der Waals surface area contributed by atoms with E-state index in [4.69, 9.17) is 14.6 Å². The van der Waals surface area contributed by atoms with Crippen molar-refractivity contribution < 1.29 is 29.0 Å². The number of hydrogen-bond acceptors (Lipinski definition) is 6. The Hall–Kier alpha value is -2.45. The lowest BCUT2D eigenvalue weighted by Gasteiger charge is -2.29. The van der Waals surface area contributed by atoms with Gasteiger partial charge < -0.3 is 24.8 Å². The third-order valence-electron chi connectivity index (χ3n) is 3.68. The van der Waals surface area contributed by atoms with Crippen molar-refractivity contribution in [3.63, 3.8) is 0 Å². The number of benzene rings is 1. The molecule has 0 aromatic heterocycles. The van der Waals surface area contributed by atoms with E-state index in [1.807, 2.05) is 0 Å². The van der Waals surface area contributed by atoms with Crippen LogP contribution in [0.15, 0.2) is 18.2 Å². The van der Waals surface area contributed by atoms with E-state index in [0.717, 1.165) is 0 Å². The number of ether oxygens (including phenoxy) is 2. The molecule has 1 aliphatic rings. The molecule has 2 amide bonds. The first kappa shape index (κ1) is 18.9. The van der Waals surface area contributed by atoms with Gasteiger partial charge in [0, 0.05) is 25.1 Å². The molecule has 1 aromatic rings. The second kappa shape index (κ2) is 9.14. The van der Waals surface area contributed by atoms with E-state index in [2.05, 4.69) is 5.32 Å². The van der Waals surface area contributed by atoms with Crippen LogP contribution in [-0.2, 0) is 14.3 Å². The molecule has 0 bridgehead atoms. The van der Waals surface area contributed by atoms with Crippen molar-refractivity contribution in [2.24, 2.45) is 0 Å². The van der Waals surface area contributed by atoms with Crippen LogP contribution < -0.4 is 15.0 Å². The Morgan fingerprint density at radius 2 is 2.16 bits per heavy atom. The lowest BCUT2D eigenvalue weighted by molar-refractivity contribution is -0.122. The van der Waals surface area contributed by atoms with Crippen molar-refractivity contribution in [2.75, 3.05) is 44.4 Å². The van der Waals surface area contributed by atoms with E-state index in [9.17, 15) is 14.4 Å². The van der Waals surface area contributed by atoms with Gasteiger partial charge in [-0.3, -0.25) is 14.4 Å². The number of amides is 2. The highest BCUT2D eigenvalue weighted by molar-refractivity contribution is 6.01. The van der Waals surface area contributed by atoms with Crippen LogP contribution in [0.1, 0.15) is 23.7 Å². The number of ketones is 1. The zero-order valence-corrected chi connectivity index (χ0v) is 14.1. The quantitative estimate of drug-likeness (QED) is 0.484. The molecular formula is C17H22N2O6. The monoisotopic (exact) mass is 350 g/mol. The highest BCUT2D eigenvalue weighted by Gasteiger charge is 2.26. The molecule has 0 aliphatic carbocycles. The fourth-order valence-corrected chi connectivity index (χ4v) is 2.40. The average molecular weight is 350 g/mol. The van der Waals surface area contributed by atoms with Crippen molar-refractivity contribution >= 4 is 23.3 Å². The van der Waals surface area contributed by atoms with Crippen LogP contribution in [0.2, 0.25) is 0 Å². The number of Topliss-reactive ketones (excluding diaryl/α,β-unsaturated/α-hetero) is 1. The number of anilines is 1. The third kappa shape index (κ3) is 5.27. The Kier molecular flexibility index (Phi) is 6.91. The van der Waals surface area contributed by atoms with Gasteiger partial charge in [0.25, 0.3) is 5.91 Å². The summed E-state index contributed by atoms with van der Waals surface area (Å²) in [6.45, 7) is 2.36. The second-order valence-electron chi connectivity index (χ2n) is 5.51. The summed E-state index contributed by atoms with van der Waals surface area (Å²) < 4.78 is 10.4. The Morgan fingerprint density at radius 1 is 1.36 bits per heavy atom. The van der Waals surface area contributed by atoms with Gasteiger partial charge in [0.05, 0.1) is 25.5 Å². The Labute approximate surface area is 145 Å². The van der Waals surface area contributed by atoms with Crippen molar-refractivity contribution in [1.29, 1.82) is 0 Å². The number of aliphatic hydroxyl groups is 1. The molecule has 2 N–H and O–H groups in total. The highest BCUT2D eigenvalue weighted by atomic mass is 16.5. The van der Waals surface area contributed by atoms with Gasteiger partial charge in [-0.2, -0.15) is 0 Å². The number of fused-ring (bicyclic) bond motifs is 1. The molecule has 25 heavy (non-hydrogen) atoms. The summed E-state index contributed by atoms with van der Waals surface area (Å²) in [5.41, 5.74) is 0.982. The van der Waals surface area contributed by atoms with Gasteiger partial charge in [0.2, 0.25) is 5.91 Å². The number of aliphatic hydroxyl groups excluding tert-OH is 1. The van der Waals surface area contributed by atoms with Crippen LogP contribution in [0.3, 0.4) is 0 Å². The van der Waals surface area contributed by atoms with E-state index >= 15 is 0 Å².